The van der Waals surface area contributed by atoms with E-state index < -0.39 is 5.91 Å². The molecule has 5 N–H and O–H groups in total. The summed E-state index contributed by atoms with van der Waals surface area (Å²) in [6.07, 6.45) is 4.78. The minimum Gasteiger partial charge on any atom is -0.376 e. The second-order valence-electron chi connectivity index (χ2n) is 10.2. The maximum absolute atomic E-state index is 11.6. The second-order valence-corrected chi connectivity index (χ2v) is 10.2. The van der Waals surface area contributed by atoms with Gasteiger partial charge < -0.3 is 26.0 Å². The number of primary amides is 1. The molecule has 0 unspecified atom stereocenters. The number of aromatic nitrogens is 5. The van der Waals surface area contributed by atoms with Gasteiger partial charge in [-0.15, -0.1) is 0 Å². The quantitative estimate of drug-likeness (QED) is 0.513. The van der Waals surface area contributed by atoms with Gasteiger partial charge in [-0.1, -0.05) is 6.92 Å². The van der Waals surface area contributed by atoms with Gasteiger partial charge >= 0.3 is 0 Å². The van der Waals surface area contributed by atoms with Crippen molar-refractivity contribution in [2.75, 3.05) is 36.0 Å². The molecular formula is C24H31N9O2. The number of anilines is 3. The van der Waals surface area contributed by atoms with Crippen LogP contribution in [0, 0.1) is 5.41 Å². The highest BCUT2D eigenvalue weighted by molar-refractivity contribution is 5.92. The smallest absolute Gasteiger partial charge is 0.267 e. The highest BCUT2D eigenvalue weighted by Gasteiger charge is 2.47. The van der Waals surface area contributed by atoms with E-state index >= 15 is 0 Å². The number of hydrogen-bond acceptors (Lipinski definition) is 9. The highest BCUT2D eigenvalue weighted by Crippen LogP contribution is 2.42. The molecule has 1 amide bonds. The maximum Gasteiger partial charge on any atom is 0.267 e. The van der Waals surface area contributed by atoms with Gasteiger partial charge in [0, 0.05) is 37.0 Å². The van der Waals surface area contributed by atoms with Crippen LogP contribution in [-0.4, -0.2) is 69.4 Å². The zero-order valence-electron chi connectivity index (χ0n) is 20.1. The van der Waals surface area contributed by atoms with E-state index in [0.29, 0.717) is 17.0 Å². The van der Waals surface area contributed by atoms with Crippen molar-refractivity contribution in [1.82, 2.24) is 25.1 Å². The summed E-state index contributed by atoms with van der Waals surface area (Å²) < 4.78 is 5.85. The van der Waals surface area contributed by atoms with Crippen LogP contribution in [0.5, 0.6) is 0 Å². The largest absolute Gasteiger partial charge is 0.376 e. The van der Waals surface area contributed by atoms with E-state index in [2.05, 4.69) is 38.8 Å². The molecule has 11 heteroatoms. The molecule has 2 saturated heterocycles. The standard InChI is InChI=1S/C24H31N9O2/c1-13-5-8-33(16-4-3-15(21(26)34)28-18(13)16)23-19-22(30-31-23)29-17(11-27-19)32-9-6-24(7-10-32)12-35-14(2)20(24)25/h3-4,11,13-14,20H,5-10,12,25H2,1-2H3,(H2,26,34)(H,29,30,31)/t13-,14+,20-/m1/s1. The molecule has 0 aliphatic carbocycles. The zero-order valence-corrected chi connectivity index (χ0v) is 20.1. The lowest BCUT2D eigenvalue weighted by atomic mass is 9.73. The number of carbonyl (C=O) groups excluding carboxylic acids is 1. The average Bonchev–Trinajstić information content (AvgIpc) is 3.41. The summed E-state index contributed by atoms with van der Waals surface area (Å²) in [6.45, 7) is 7.42. The molecule has 1 spiro atoms. The van der Waals surface area contributed by atoms with Crippen LogP contribution < -0.4 is 21.3 Å². The fraction of sp³-hybridized carbons (Fsp3) is 0.542. The summed E-state index contributed by atoms with van der Waals surface area (Å²) in [4.78, 5) is 30.1. The monoisotopic (exact) mass is 477 g/mol. The molecule has 6 heterocycles. The van der Waals surface area contributed by atoms with Crippen molar-refractivity contribution in [2.24, 2.45) is 16.9 Å². The van der Waals surface area contributed by atoms with E-state index in [1.54, 1.807) is 6.07 Å². The molecule has 0 radical (unpaired) electrons. The van der Waals surface area contributed by atoms with E-state index in [9.17, 15) is 4.79 Å². The average molecular weight is 478 g/mol. The lowest BCUT2D eigenvalue weighted by Gasteiger charge is -2.41. The van der Waals surface area contributed by atoms with Crippen molar-refractivity contribution in [3.05, 3.63) is 29.7 Å². The number of carbonyl (C=O) groups is 1. The summed E-state index contributed by atoms with van der Waals surface area (Å²) in [5.74, 6) is 1.23. The molecule has 3 aromatic rings. The third kappa shape index (κ3) is 3.52. The fourth-order valence-corrected chi connectivity index (χ4v) is 5.77. The van der Waals surface area contributed by atoms with Gasteiger partial charge in [0.1, 0.15) is 11.5 Å². The predicted molar refractivity (Wildman–Crippen MR) is 132 cm³/mol. The molecule has 0 bridgehead atoms. The fourth-order valence-electron chi connectivity index (χ4n) is 5.77. The molecule has 3 aliphatic heterocycles. The van der Waals surface area contributed by atoms with Gasteiger partial charge in [-0.2, -0.15) is 5.10 Å². The zero-order chi connectivity index (χ0) is 24.3. The number of nitrogens with two attached hydrogens (primary N) is 2. The Balaban J connectivity index is 1.26. The molecule has 35 heavy (non-hydrogen) atoms. The van der Waals surface area contributed by atoms with E-state index in [0.717, 1.165) is 62.7 Å². The van der Waals surface area contributed by atoms with Crippen molar-refractivity contribution in [2.45, 2.75) is 51.2 Å². The summed E-state index contributed by atoms with van der Waals surface area (Å²) in [7, 11) is 0. The minimum atomic E-state index is -0.527. The van der Waals surface area contributed by atoms with Crippen molar-refractivity contribution >= 4 is 34.4 Å². The molecular weight excluding hydrogens is 446 g/mol. The molecule has 11 nitrogen and oxygen atoms in total. The Morgan fingerprint density at radius 2 is 2.00 bits per heavy atom. The summed E-state index contributed by atoms with van der Waals surface area (Å²) in [5.41, 5.74) is 15.4. The number of fused-ring (bicyclic) bond motifs is 2. The Labute approximate surface area is 203 Å². The van der Waals surface area contributed by atoms with Gasteiger partial charge in [0.05, 0.1) is 30.3 Å². The molecule has 0 saturated carbocycles. The Morgan fingerprint density at radius 3 is 2.71 bits per heavy atom. The number of H-pyrrole nitrogens is 1. The van der Waals surface area contributed by atoms with Crippen LogP contribution in [0.25, 0.3) is 11.2 Å². The first kappa shape index (κ1) is 22.2. The number of hydrogen-bond donors (Lipinski definition) is 3. The lowest BCUT2D eigenvalue weighted by Crippen LogP contribution is -2.50. The van der Waals surface area contributed by atoms with Crippen molar-refractivity contribution in [3.63, 3.8) is 0 Å². The molecule has 0 aromatic carbocycles. The first-order valence-electron chi connectivity index (χ1n) is 12.3. The number of piperidine rings is 1. The Bertz CT molecular complexity index is 1280. The SMILES string of the molecule is C[C@@H]1CCN(c2n[nH]c3nc(N4CCC5(CC4)CO[C@@H](C)[C@H]5N)cnc23)c2ccc(C(N)=O)nc21. The number of rotatable bonds is 3. The first-order chi connectivity index (χ1) is 16.9. The third-order valence-electron chi connectivity index (χ3n) is 8.12. The molecule has 3 aromatic heterocycles. The second kappa shape index (κ2) is 8.13. The Kier molecular flexibility index (Phi) is 5.15. The number of aromatic amines is 1. The number of pyridine rings is 1. The van der Waals surface area contributed by atoms with Crippen LogP contribution in [0.4, 0.5) is 17.3 Å². The summed E-state index contributed by atoms with van der Waals surface area (Å²) in [5, 5.41) is 7.64. The van der Waals surface area contributed by atoms with E-state index in [1.807, 2.05) is 12.3 Å². The van der Waals surface area contributed by atoms with E-state index in [-0.39, 0.29) is 29.2 Å². The van der Waals surface area contributed by atoms with Gasteiger partial charge in [0.15, 0.2) is 17.0 Å². The first-order valence-corrected chi connectivity index (χ1v) is 12.3. The van der Waals surface area contributed by atoms with Crippen molar-refractivity contribution < 1.29 is 9.53 Å². The van der Waals surface area contributed by atoms with Crippen LogP contribution in [-0.2, 0) is 4.74 Å². The van der Waals surface area contributed by atoms with Crippen LogP contribution >= 0.6 is 0 Å². The number of ether oxygens (including phenoxy) is 1. The lowest BCUT2D eigenvalue weighted by molar-refractivity contribution is 0.0974. The number of amides is 1. The predicted octanol–water partition coefficient (Wildman–Crippen LogP) is 1.82. The van der Waals surface area contributed by atoms with Gasteiger partial charge in [-0.25, -0.2) is 15.0 Å². The van der Waals surface area contributed by atoms with Crippen molar-refractivity contribution in [3.8, 4) is 0 Å². The highest BCUT2D eigenvalue weighted by atomic mass is 16.5. The van der Waals surface area contributed by atoms with Gasteiger partial charge in [-0.3, -0.25) is 9.89 Å². The minimum absolute atomic E-state index is 0.0653. The summed E-state index contributed by atoms with van der Waals surface area (Å²) in [6, 6.07) is 3.63. The normalized spacial score (nSPS) is 25.9. The maximum atomic E-state index is 11.6. The third-order valence-corrected chi connectivity index (χ3v) is 8.12. The van der Waals surface area contributed by atoms with E-state index in [4.69, 9.17) is 26.2 Å². The summed E-state index contributed by atoms with van der Waals surface area (Å²) >= 11 is 0. The van der Waals surface area contributed by atoms with E-state index in [1.165, 1.54) is 0 Å². The molecule has 184 valence electrons. The molecule has 2 fully saturated rings. The van der Waals surface area contributed by atoms with Gasteiger partial charge in [0.25, 0.3) is 5.91 Å². The molecule has 3 atom stereocenters. The number of nitrogens with one attached hydrogen (secondary N) is 1. The van der Waals surface area contributed by atoms with Crippen LogP contribution in [0.2, 0.25) is 0 Å². The van der Waals surface area contributed by atoms with Crippen molar-refractivity contribution in [1.29, 1.82) is 0 Å². The number of nitrogens with zero attached hydrogens (tertiary/aromatic N) is 6. The Hall–Kier alpha value is -3.31. The van der Waals surface area contributed by atoms with Crippen LogP contribution in [0.15, 0.2) is 18.3 Å². The topological polar surface area (TPSA) is 152 Å². The Morgan fingerprint density at radius 1 is 1.20 bits per heavy atom. The van der Waals surface area contributed by atoms with Crippen LogP contribution in [0.1, 0.15) is 55.2 Å². The van der Waals surface area contributed by atoms with Gasteiger partial charge in [-0.05, 0) is 38.3 Å². The van der Waals surface area contributed by atoms with Crippen LogP contribution in [0.3, 0.4) is 0 Å². The molecule has 6 rings (SSSR count). The molecule has 3 aliphatic rings. The van der Waals surface area contributed by atoms with Gasteiger partial charge in [0.2, 0.25) is 0 Å².